The van der Waals surface area contributed by atoms with Gasteiger partial charge in [-0.2, -0.15) is 13.2 Å². The van der Waals surface area contributed by atoms with Crippen LogP contribution in [0.3, 0.4) is 0 Å². The Hall–Kier alpha value is -1.72. The van der Waals surface area contributed by atoms with Gasteiger partial charge < -0.3 is 5.32 Å². The molecule has 0 fully saturated rings. The summed E-state index contributed by atoms with van der Waals surface area (Å²) in [5, 5.41) is 3.78. The molecule has 11 heteroatoms. The predicted molar refractivity (Wildman–Crippen MR) is 107 cm³/mol. The Morgan fingerprint density at radius 2 is 1.86 bits per heavy atom. The van der Waals surface area contributed by atoms with Crippen molar-refractivity contribution < 1.29 is 21.6 Å². The number of hydrogen-bond donors (Lipinski definition) is 2. The molecule has 0 saturated carbocycles. The van der Waals surface area contributed by atoms with Crippen LogP contribution < -0.4 is 10.0 Å². The number of nitrogens with zero attached hydrogens (tertiary/aromatic N) is 2. The van der Waals surface area contributed by atoms with Crippen LogP contribution in [-0.4, -0.2) is 24.4 Å². The van der Waals surface area contributed by atoms with Gasteiger partial charge in [-0.3, -0.25) is 0 Å². The van der Waals surface area contributed by atoms with Crippen molar-refractivity contribution >= 4 is 27.2 Å². The standard InChI is InChI=1S/C18H25F3N4O2S2/c1-5-14(11(3)4)25-16-7-13(18(19,20)21)15(10-22-16)29(26,27)24-9-12-8-23-17(6-2)28-12/h7-8,10-11,14,24H,5-6,9H2,1-4H3,(H,22,25). The van der Waals surface area contributed by atoms with E-state index in [2.05, 4.69) is 20.0 Å². The highest BCUT2D eigenvalue weighted by atomic mass is 32.2. The minimum atomic E-state index is -4.84. The first-order valence-corrected chi connectivity index (χ1v) is 11.5. The highest BCUT2D eigenvalue weighted by Crippen LogP contribution is 2.35. The van der Waals surface area contributed by atoms with E-state index in [0.717, 1.165) is 17.3 Å². The van der Waals surface area contributed by atoms with Crippen LogP contribution in [0.1, 0.15) is 49.6 Å². The fourth-order valence-corrected chi connectivity index (χ4v) is 4.77. The third-order valence-electron chi connectivity index (χ3n) is 4.38. The van der Waals surface area contributed by atoms with Crippen molar-refractivity contribution in [3.8, 4) is 0 Å². The Morgan fingerprint density at radius 3 is 2.38 bits per heavy atom. The molecule has 0 saturated heterocycles. The molecule has 2 rings (SSSR count). The second kappa shape index (κ2) is 9.40. The number of aryl methyl sites for hydroxylation is 1. The van der Waals surface area contributed by atoms with Gasteiger partial charge in [0, 0.05) is 29.9 Å². The Balaban J connectivity index is 2.32. The van der Waals surface area contributed by atoms with Gasteiger partial charge >= 0.3 is 6.18 Å². The van der Waals surface area contributed by atoms with Crippen LogP contribution >= 0.6 is 11.3 Å². The molecule has 2 aromatic heterocycles. The third kappa shape index (κ3) is 6.13. The van der Waals surface area contributed by atoms with Gasteiger partial charge in [0.1, 0.15) is 10.7 Å². The fraction of sp³-hybridized carbons (Fsp3) is 0.556. The molecule has 1 atom stereocenters. The fourth-order valence-electron chi connectivity index (χ4n) is 2.72. The quantitative estimate of drug-likeness (QED) is 0.590. The maximum atomic E-state index is 13.6. The number of sulfonamides is 1. The predicted octanol–water partition coefficient (Wildman–Crippen LogP) is 4.44. The minimum Gasteiger partial charge on any atom is -0.367 e. The number of nitrogens with one attached hydrogen (secondary N) is 2. The van der Waals surface area contributed by atoms with E-state index in [9.17, 15) is 21.6 Å². The van der Waals surface area contributed by atoms with Crippen molar-refractivity contribution in [2.24, 2.45) is 5.92 Å². The molecule has 0 bridgehead atoms. The molecule has 0 amide bonds. The second-order valence-electron chi connectivity index (χ2n) is 6.86. The second-order valence-corrected chi connectivity index (χ2v) is 9.80. The lowest BCUT2D eigenvalue weighted by molar-refractivity contribution is -0.139. The van der Waals surface area contributed by atoms with E-state index in [-0.39, 0.29) is 24.3 Å². The highest BCUT2D eigenvalue weighted by molar-refractivity contribution is 7.89. The summed E-state index contributed by atoms with van der Waals surface area (Å²) in [7, 11) is -4.42. The van der Waals surface area contributed by atoms with E-state index in [4.69, 9.17) is 0 Å². The molecular weight excluding hydrogens is 425 g/mol. The van der Waals surface area contributed by atoms with Crippen LogP contribution in [-0.2, 0) is 29.2 Å². The van der Waals surface area contributed by atoms with Crippen LogP contribution in [0.25, 0.3) is 0 Å². The summed E-state index contributed by atoms with van der Waals surface area (Å²) < 4.78 is 68.1. The van der Waals surface area contributed by atoms with Gasteiger partial charge in [0.05, 0.1) is 10.6 Å². The largest absolute Gasteiger partial charge is 0.417 e. The Kier molecular flexibility index (Phi) is 7.63. The van der Waals surface area contributed by atoms with Gasteiger partial charge in [-0.25, -0.2) is 23.1 Å². The number of hydrogen-bond acceptors (Lipinski definition) is 6. The van der Waals surface area contributed by atoms with Crippen molar-refractivity contribution in [2.75, 3.05) is 5.32 Å². The van der Waals surface area contributed by atoms with Crippen molar-refractivity contribution in [3.05, 3.63) is 33.9 Å². The molecule has 1 unspecified atom stereocenters. The minimum absolute atomic E-state index is 0.00753. The van der Waals surface area contributed by atoms with Crippen LogP contribution in [0.2, 0.25) is 0 Å². The average molecular weight is 451 g/mol. The molecule has 2 N–H and O–H groups in total. The molecule has 0 radical (unpaired) electrons. The van der Waals surface area contributed by atoms with Crippen molar-refractivity contribution in [1.29, 1.82) is 0 Å². The Labute approximate surface area is 173 Å². The lowest BCUT2D eigenvalue weighted by Crippen LogP contribution is -2.28. The zero-order valence-electron chi connectivity index (χ0n) is 16.7. The normalized spacial score (nSPS) is 13.7. The lowest BCUT2D eigenvalue weighted by atomic mass is 10.0. The number of pyridine rings is 1. The summed E-state index contributed by atoms with van der Waals surface area (Å²) in [6.45, 7) is 7.57. The number of halogens is 3. The topological polar surface area (TPSA) is 84.0 Å². The summed E-state index contributed by atoms with van der Waals surface area (Å²) in [5.74, 6) is 0.167. The summed E-state index contributed by atoms with van der Waals surface area (Å²) in [6, 6.07) is 0.671. The highest BCUT2D eigenvalue weighted by Gasteiger charge is 2.38. The number of rotatable bonds is 9. The number of aromatic nitrogens is 2. The average Bonchev–Trinajstić information content (AvgIpc) is 3.11. The van der Waals surface area contributed by atoms with Crippen LogP contribution in [0.4, 0.5) is 19.0 Å². The Morgan fingerprint density at radius 1 is 1.17 bits per heavy atom. The Bertz CT molecular complexity index is 927. The first kappa shape index (κ1) is 23.6. The van der Waals surface area contributed by atoms with Gasteiger partial charge in [-0.05, 0) is 24.8 Å². The van der Waals surface area contributed by atoms with Crippen LogP contribution in [0, 0.1) is 5.92 Å². The molecule has 2 heterocycles. The molecular formula is C18H25F3N4O2S2. The molecule has 0 aliphatic rings. The smallest absolute Gasteiger partial charge is 0.367 e. The van der Waals surface area contributed by atoms with E-state index in [1.165, 1.54) is 17.5 Å². The van der Waals surface area contributed by atoms with Gasteiger partial charge in [0.15, 0.2) is 0 Å². The maximum absolute atomic E-state index is 13.6. The maximum Gasteiger partial charge on any atom is 0.417 e. The number of alkyl halides is 3. The molecule has 0 aliphatic carbocycles. The first-order valence-electron chi connectivity index (χ1n) is 9.24. The summed E-state index contributed by atoms with van der Waals surface area (Å²) in [5.41, 5.74) is -1.25. The molecule has 6 nitrogen and oxygen atoms in total. The number of anilines is 1. The zero-order chi connectivity index (χ0) is 21.8. The van der Waals surface area contributed by atoms with Gasteiger partial charge in [-0.15, -0.1) is 11.3 Å². The number of thiazole rings is 1. The van der Waals surface area contributed by atoms with E-state index in [0.29, 0.717) is 17.7 Å². The lowest BCUT2D eigenvalue weighted by Gasteiger charge is -2.22. The SMILES string of the molecule is CCc1ncc(CNS(=O)(=O)c2cnc(NC(CC)C(C)C)cc2C(F)(F)F)s1. The van der Waals surface area contributed by atoms with E-state index in [1.807, 2.05) is 27.7 Å². The van der Waals surface area contributed by atoms with Crippen molar-refractivity contribution in [2.45, 2.75) is 64.2 Å². The van der Waals surface area contributed by atoms with Crippen molar-refractivity contribution in [1.82, 2.24) is 14.7 Å². The van der Waals surface area contributed by atoms with Crippen molar-refractivity contribution in [3.63, 3.8) is 0 Å². The monoisotopic (exact) mass is 450 g/mol. The third-order valence-corrected chi connectivity index (χ3v) is 6.95. The van der Waals surface area contributed by atoms with Gasteiger partial charge in [-0.1, -0.05) is 27.7 Å². The van der Waals surface area contributed by atoms with E-state index >= 15 is 0 Å². The molecule has 29 heavy (non-hydrogen) atoms. The molecule has 162 valence electrons. The first-order chi connectivity index (χ1) is 13.5. The summed E-state index contributed by atoms with van der Waals surface area (Å²) in [4.78, 5) is 7.75. The van der Waals surface area contributed by atoms with E-state index in [1.54, 1.807) is 0 Å². The molecule has 0 aromatic carbocycles. The zero-order valence-corrected chi connectivity index (χ0v) is 18.3. The van der Waals surface area contributed by atoms with Gasteiger partial charge in [0.25, 0.3) is 0 Å². The molecule has 2 aromatic rings. The van der Waals surface area contributed by atoms with Gasteiger partial charge in [0.2, 0.25) is 10.0 Å². The summed E-state index contributed by atoms with van der Waals surface area (Å²) >= 11 is 1.31. The van der Waals surface area contributed by atoms with Crippen LogP contribution in [0.5, 0.6) is 0 Å². The molecule has 0 aliphatic heterocycles. The van der Waals surface area contributed by atoms with E-state index < -0.39 is 26.7 Å². The summed E-state index contributed by atoms with van der Waals surface area (Å²) in [6.07, 6.45) is -1.19. The van der Waals surface area contributed by atoms with Crippen LogP contribution in [0.15, 0.2) is 23.4 Å². The molecule has 0 spiro atoms.